The topological polar surface area (TPSA) is 40.5 Å². The number of piperidine rings is 1. The maximum atomic E-state index is 12.1. The van der Waals surface area contributed by atoms with Crippen molar-refractivity contribution in [2.24, 2.45) is 0 Å². The Balaban J connectivity index is 2.19. The van der Waals surface area contributed by atoms with Gasteiger partial charge in [-0.1, -0.05) is 11.6 Å². The molecule has 0 atom stereocenters. The summed E-state index contributed by atoms with van der Waals surface area (Å²) in [7, 11) is 0. The van der Waals surface area contributed by atoms with Crippen LogP contribution in [0.2, 0.25) is 5.02 Å². The van der Waals surface area contributed by atoms with E-state index in [0.717, 1.165) is 25.9 Å². The van der Waals surface area contributed by atoms with Gasteiger partial charge in [-0.15, -0.1) is 0 Å². The van der Waals surface area contributed by atoms with Crippen LogP contribution in [0, 0.1) is 0 Å². The number of carbonyl (C=O) groups excluding carboxylic acids is 1. The van der Waals surface area contributed by atoms with Crippen molar-refractivity contribution in [2.45, 2.75) is 19.3 Å². The maximum absolute atomic E-state index is 12.1. The van der Waals surface area contributed by atoms with Crippen molar-refractivity contribution in [3.63, 3.8) is 0 Å². The molecule has 0 spiro atoms. The minimum absolute atomic E-state index is 0.0388. The number of amides is 1. The number of rotatable bonds is 1. The molecule has 1 aromatic rings. The van der Waals surface area contributed by atoms with Gasteiger partial charge in [0.05, 0.1) is 5.56 Å². The molecule has 4 heteroatoms. The van der Waals surface area contributed by atoms with E-state index in [0.29, 0.717) is 10.6 Å². The molecule has 3 nitrogen and oxygen atoms in total. The summed E-state index contributed by atoms with van der Waals surface area (Å²) in [6.07, 6.45) is 3.26. The molecule has 0 unspecified atom stereocenters. The highest BCUT2D eigenvalue weighted by Crippen LogP contribution is 2.24. The summed E-state index contributed by atoms with van der Waals surface area (Å²) in [4.78, 5) is 13.8. The second-order valence-electron chi connectivity index (χ2n) is 4.01. The first-order chi connectivity index (χ1) is 7.68. The van der Waals surface area contributed by atoms with E-state index in [1.807, 2.05) is 0 Å². The average molecular weight is 240 g/mol. The highest BCUT2D eigenvalue weighted by molar-refractivity contribution is 6.30. The van der Waals surface area contributed by atoms with E-state index in [-0.39, 0.29) is 11.7 Å². The number of carbonyl (C=O) groups is 1. The van der Waals surface area contributed by atoms with Gasteiger partial charge in [0.2, 0.25) is 0 Å². The number of phenols is 1. The van der Waals surface area contributed by atoms with E-state index < -0.39 is 0 Å². The Labute approximate surface area is 99.6 Å². The van der Waals surface area contributed by atoms with Crippen molar-refractivity contribution >= 4 is 17.5 Å². The summed E-state index contributed by atoms with van der Waals surface area (Å²) >= 11 is 5.72. The van der Waals surface area contributed by atoms with Gasteiger partial charge >= 0.3 is 0 Å². The van der Waals surface area contributed by atoms with Crippen molar-refractivity contribution in [2.75, 3.05) is 13.1 Å². The normalized spacial score (nSPS) is 16.2. The van der Waals surface area contributed by atoms with E-state index in [2.05, 4.69) is 0 Å². The third-order valence-electron chi connectivity index (χ3n) is 2.83. The molecule has 0 radical (unpaired) electrons. The number of hydrogen-bond donors (Lipinski definition) is 1. The molecule has 0 bridgehead atoms. The molecule has 2 rings (SSSR count). The van der Waals surface area contributed by atoms with Gasteiger partial charge in [0, 0.05) is 18.1 Å². The van der Waals surface area contributed by atoms with Crippen molar-refractivity contribution in [1.82, 2.24) is 4.90 Å². The van der Waals surface area contributed by atoms with Crippen LogP contribution in [0.3, 0.4) is 0 Å². The monoisotopic (exact) mass is 239 g/mol. The summed E-state index contributed by atoms with van der Waals surface area (Å²) in [5, 5.41) is 10.1. The molecule has 1 aliphatic heterocycles. The lowest BCUT2D eigenvalue weighted by molar-refractivity contribution is 0.0721. The van der Waals surface area contributed by atoms with Gasteiger partial charge in [0.25, 0.3) is 5.91 Å². The molecule has 1 saturated heterocycles. The predicted octanol–water partition coefficient (Wildman–Crippen LogP) is 2.67. The third-order valence-corrected chi connectivity index (χ3v) is 3.07. The zero-order valence-corrected chi connectivity index (χ0v) is 9.70. The van der Waals surface area contributed by atoms with Gasteiger partial charge in [-0.2, -0.15) is 0 Å². The minimum atomic E-state index is -0.103. The molecule has 1 amide bonds. The van der Waals surface area contributed by atoms with Crippen LogP contribution in [0.1, 0.15) is 29.6 Å². The zero-order chi connectivity index (χ0) is 11.5. The van der Waals surface area contributed by atoms with Crippen molar-refractivity contribution in [3.05, 3.63) is 28.8 Å². The van der Waals surface area contributed by atoms with Gasteiger partial charge in [-0.3, -0.25) is 4.79 Å². The van der Waals surface area contributed by atoms with Gasteiger partial charge < -0.3 is 10.0 Å². The third kappa shape index (κ3) is 2.30. The molecule has 1 N–H and O–H groups in total. The quantitative estimate of drug-likeness (QED) is 0.819. The number of halogens is 1. The zero-order valence-electron chi connectivity index (χ0n) is 8.95. The summed E-state index contributed by atoms with van der Waals surface area (Å²) in [6.45, 7) is 1.56. The lowest BCUT2D eigenvalue weighted by Gasteiger charge is -2.26. The fourth-order valence-corrected chi connectivity index (χ4v) is 2.12. The second-order valence-corrected chi connectivity index (χ2v) is 4.45. The van der Waals surface area contributed by atoms with Crippen LogP contribution in [0.5, 0.6) is 5.75 Å². The van der Waals surface area contributed by atoms with Crippen LogP contribution in [-0.2, 0) is 0 Å². The largest absolute Gasteiger partial charge is 0.507 e. The standard InChI is InChI=1S/C12H14ClNO2/c13-9-4-5-10(11(15)8-9)12(16)14-6-2-1-3-7-14/h4-5,8,15H,1-3,6-7H2. The number of nitrogens with zero attached hydrogens (tertiary/aromatic N) is 1. The summed E-state index contributed by atoms with van der Waals surface area (Å²) < 4.78 is 0. The Morgan fingerprint density at radius 2 is 1.94 bits per heavy atom. The number of benzene rings is 1. The summed E-state index contributed by atoms with van der Waals surface area (Å²) in [6, 6.07) is 4.60. The van der Waals surface area contributed by atoms with Gasteiger partial charge in [-0.05, 0) is 37.5 Å². The molecular weight excluding hydrogens is 226 g/mol. The van der Waals surface area contributed by atoms with Crippen LogP contribution >= 0.6 is 11.6 Å². The fourth-order valence-electron chi connectivity index (χ4n) is 1.95. The first-order valence-corrected chi connectivity index (χ1v) is 5.84. The smallest absolute Gasteiger partial charge is 0.257 e. The van der Waals surface area contributed by atoms with Crippen molar-refractivity contribution in [3.8, 4) is 5.75 Å². The molecule has 0 saturated carbocycles. The Bertz CT molecular complexity index is 400. The minimum Gasteiger partial charge on any atom is -0.507 e. The Morgan fingerprint density at radius 1 is 1.25 bits per heavy atom. The lowest BCUT2D eigenvalue weighted by atomic mass is 10.1. The molecule has 1 heterocycles. The number of phenolic OH excluding ortho intramolecular Hbond substituents is 1. The number of likely N-dealkylation sites (tertiary alicyclic amines) is 1. The first-order valence-electron chi connectivity index (χ1n) is 5.46. The highest BCUT2D eigenvalue weighted by atomic mass is 35.5. The van der Waals surface area contributed by atoms with E-state index in [1.54, 1.807) is 17.0 Å². The van der Waals surface area contributed by atoms with E-state index >= 15 is 0 Å². The Hall–Kier alpha value is -1.22. The van der Waals surface area contributed by atoms with Gasteiger partial charge in [-0.25, -0.2) is 0 Å². The van der Waals surface area contributed by atoms with Gasteiger partial charge in [0.1, 0.15) is 5.75 Å². The maximum Gasteiger partial charge on any atom is 0.257 e. The van der Waals surface area contributed by atoms with Crippen molar-refractivity contribution < 1.29 is 9.90 Å². The van der Waals surface area contributed by atoms with Crippen LogP contribution in [-0.4, -0.2) is 29.0 Å². The molecule has 1 fully saturated rings. The molecule has 86 valence electrons. The lowest BCUT2D eigenvalue weighted by Crippen LogP contribution is -2.35. The van der Waals surface area contributed by atoms with Crippen LogP contribution in [0.4, 0.5) is 0 Å². The highest BCUT2D eigenvalue weighted by Gasteiger charge is 2.20. The van der Waals surface area contributed by atoms with E-state index in [4.69, 9.17) is 11.6 Å². The Morgan fingerprint density at radius 3 is 2.56 bits per heavy atom. The SMILES string of the molecule is O=C(c1ccc(Cl)cc1O)N1CCCCC1. The van der Waals surface area contributed by atoms with Crippen LogP contribution in [0.15, 0.2) is 18.2 Å². The fraction of sp³-hybridized carbons (Fsp3) is 0.417. The van der Waals surface area contributed by atoms with Gasteiger partial charge in [0.15, 0.2) is 0 Å². The number of aromatic hydroxyl groups is 1. The summed E-state index contributed by atoms with van der Waals surface area (Å²) in [5.41, 5.74) is 0.339. The molecule has 1 aromatic carbocycles. The molecule has 0 aromatic heterocycles. The van der Waals surface area contributed by atoms with E-state index in [9.17, 15) is 9.90 Å². The average Bonchev–Trinajstić information content (AvgIpc) is 2.29. The Kier molecular flexibility index (Phi) is 3.34. The molecule has 16 heavy (non-hydrogen) atoms. The predicted molar refractivity (Wildman–Crippen MR) is 62.9 cm³/mol. The number of hydrogen-bond acceptors (Lipinski definition) is 2. The van der Waals surface area contributed by atoms with Crippen LogP contribution < -0.4 is 0 Å². The second kappa shape index (κ2) is 4.74. The van der Waals surface area contributed by atoms with E-state index in [1.165, 1.54) is 12.5 Å². The molecular formula is C12H14ClNO2. The van der Waals surface area contributed by atoms with Crippen LogP contribution in [0.25, 0.3) is 0 Å². The molecule has 0 aliphatic carbocycles. The summed E-state index contributed by atoms with van der Waals surface area (Å²) in [5.74, 6) is -0.142. The molecule has 1 aliphatic rings. The first kappa shape index (κ1) is 11.3. The van der Waals surface area contributed by atoms with Crippen molar-refractivity contribution in [1.29, 1.82) is 0 Å².